The fraction of sp³-hybridized carbons (Fsp3) is 0.250. The van der Waals surface area contributed by atoms with Gasteiger partial charge in [-0.2, -0.15) is 5.26 Å². The predicted octanol–water partition coefficient (Wildman–Crippen LogP) is 1.67. The van der Waals surface area contributed by atoms with Gasteiger partial charge in [-0.25, -0.2) is 4.79 Å². The molecule has 0 amide bonds. The highest BCUT2D eigenvalue weighted by molar-refractivity contribution is 5.94. The molecule has 1 aliphatic rings. The van der Waals surface area contributed by atoms with E-state index in [0.717, 1.165) is 0 Å². The topological polar surface area (TPSA) is 71.7 Å². The summed E-state index contributed by atoms with van der Waals surface area (Å²) in [6.45, 7) is 0. The zero-order valence-electron chi connectivity index (χ0n) is 9.16. The molecule has 0 saturated carbocycles. The number of rotatable bonds is 3. The number of benzene rings is 1. The van der Waals surface area contributed by atoms with Gasteiger partial charge < -0.3 is 9.57 Å². The molecular formula is C12H10N2O3. The summed E-state index contributed by atoms with van der Waals surface area (Å²) in [7, 11) is 1.39. The number of carbonyl (C=O) groups excluding carboxylic acids is 1. The molecule has 0 saturated heterocycles. The Morgan fingerprint density at radius 3 is 3.06 bits per heavy atom. The van der Waals surface area contributed by atoms with Gasteiger partial charge in [0.2, 0.25) is 0 Å². The van der Waals surface area contributed by atoms with Crippen molar-refractivity contribution in [2.75, 3.05) is 7.11 Å². The van der Waals surface area contributed by atoms with Crippen LogP contribution in [0.25, 0.3) is 0 Å². The minimum Gasteiger partial charge on any atom is -0.452 e. The second kappa shape index (κ2) is 4.66. The van der Waals surface area contributed by atoms with Crippen molar-refractivity contribution >= 4 is 12.2 Å². The molecule has 0 aliphatic carbocycles. The van der Waals surface area contributed by atoms with Crippen molar-refractivity contribution in [1.82, 2.24) is 0 Å². The monoisotopic (exact) mass is 230 g/mol. The lowest BCUT2D eigenvalue weighted by atomic mass is 9.96. The highest BCUT2D eigenvalue weighted by Crippen LogP contribution is 2.34. The van der Waals surface area contributed by atoms with Crippen LogP contribution in [0.15, 0.2) is 29.4 Å². The lowest BCUT2D eigenvalue weighted by molar-refractivity contribution is 0.0353. The first-order chi connectivity index (χ1) is 8.27. The van der Waals surface area contributed by atoms with Crippen LogP contribution in [0.2, 0.25) is 0 Å². The zero-order valence-corrected chi connectivity index (χ0v) is 9.16. The lowest BCUT2D eigenvalue weighted by Gasteiger charge is -2.12. The molecule has 2 atom stereocenters. The summed E-state index contributed by atoms with van der Waals surface area (Å²) in [5.74, 6) is -1.06. The summed E-state index contributed by atoms with van der Waals surface area (Å²) < 4.78 is 5.17. The van der Waals surface area contributed by atoms with E-state index in [1.807, 2.05) is 6.07 Å². The molecule has 0 N–H and O–H groups in total. The first-order valence-corrected chi connectivity index (χ1v) is 5.04. The predicted molar refractivity (Wildman–Crippen MR) is 59.2 cm³/mol. The number of nitrogens with zero attached hydrogens (tertiary/aromatic N) is 2. The van der Waals surface area contributed by atoms with Crippen molar-refractivity contribution < 1.29 is 14.4 Å². The number of hydrogen-bond donors (Lipinski definition) is 0. The van der Waals surface area contributed by atoms with Crippen LogP contribution in [0.3, 0.4) is 0 Å². The van der Waals surface area contributed by atoms with E-state index >= 15 is 0 Å². The SMILES string of the molecule is CON=CC(C#N)C1OC(=O)c2ccccc21. The second-order valence-electron chi connectivity index (χ2n) is 3.51. The third-order valence-corrected chi connectivity index (χ3v) is 2.52. The molecule has 2 rings (SSSR count). The van der Waals surface area contributed by atoms with Crippen molar-refractivity contribution in [2.45, 2.75) is 6.10 Å². The third kappa shape index (κ3) is 1.97. The van der Waals surface area contributed by atoms with E-state index in [1.165, 1.54) is 13.3 Å². The maximum Gasteiger partial charge on any atom is 0.339 e. The normalized spacial score (nSPS) is 19.5. The highest BCUT2D eigenvalue weighted by Gasteiger charge is 2.35. The Morgan fingerprint density at radius 2 is 2.35 bits per heavy atom. The summed E-state index contributed by atoms with van der Waals surface area (Å²) in [6, 6.07) is 9.05. The Balaban J connectivity index is 2.33. The van der Waals surface area contributed by atoms with E-state index in [0.29, 0.717) is 11.1 Å². The van der Waals surface area contributed by atoms with E-state index in [9.17, 15) is 4.79 Å². The molecule has 0 aromatic heterocycles. The molecule has 2 unspecified atom stereocenters. The molecule has 86 valence electrons. The fourth-order valence-corrected chi connectivity index (χ4v) is 1.75. The Bertz CT molecular complexity index is 505. The van der Waals surface area contributed by atoms with Crippen LogP contribution in [0, 0.1) is 17.2 Å². The Hall–Kier alpha value is -2.35. The van der Waals surface area contributed by atoms with Crippen LogP contribution in [-0.2, 0) is 9.57 Å². The van der Waals surface area contributed by atoms with Crippen LogP contribution in [0.5, 0.6) is 0 Å². The van der Waals surface area contributed by atoms with Gasteiger partial charge in [0.25, 0.3) is 0 Å². The van der Waals surface area contributed by atoms with E-state index in [2.05, 4.69) is 9.99 Å². The molecule has 1 aromatic carbocycles. The number of cyclic esters (lactones) is 1. The number of hydrogen-bond acceptors (Lipinski definition) is 5. The van der Waals surface area contributed by atoms with Crippen LogP contribution >= 0.6 is 0 Å². The number of nitriles is 1. The Labute approximate surface area is 98.2 Å². The molecule has 0 fully saturated rings. The number of oxime groups is 1. The molecule has 1 aromatic rings. The average molecular weight is 230 g/mol. The first-order valence-electron chi connectivity index (χ1n) is 5.04. The number of esters is 1. The summed E-state index contributed by atoms with van der Waals surface area (Å²) in [5.41, 5.74) is 1.22. The molecule has 17 heavy (non-hydrogen) atoms. The Morgan fingerprint density at radius 1 is 1.59 bits per heavy atom. The Kier molecular flexibility index (Phi) is 3.06. The van der Waals surface area contributed by atoms with E-state index in [1.54, 1.807) is 24.3 Å². The quantitative estimate of drug-likeness (QED) is 0.450. The lowest BCUT2D eigenvalue weighted by Crippen LogP contribution is -2.12. The van der Waals surface area contributed by atoms with Gasteiger partial charge in [0.05, 0.1) is 17.8 Å². The van der Waals surface area contributed by atoms with Gasteiger partial charge in [0.15, 0.2) is 0 Å². The first kappa shape index (κ1) is 11.1. The molecular weight excluding hydrogens is 220 g/mol. The molecule has 0 radical (unpaired) electrons. The van der Waals surface area contributed by atoms with Gasteiger partial charge in [0.1, 0.15) is 19.1 Å². The molecule has 1 aliphatic heterocycles. The fourth-order valence-electron chi connectivity index (χ4n) is 1.75. The van der Waals surface area contributed by atoms with Crippen molar-refractivity contribution in [2.24, 2.45) is 11.1 Å². The number of fused-ring (bicyclic) bond motifs is 1. The van der Waals surface area contributed by atoms with Gasteiger partial charge in [-0.15, -0.1) is 0 Å². The minimum atomic E-state index is -0.650. The summed E-state index contributed by atoms with van der Waals surface area (Å²) in [6.07, 6.45) is 0.725. The van der Waals surface area contributed by atoms with Gasteiger partial charge >= 0.3 is 5.97 Å². The van der Waals surface area contributed by atoms with Crippen molar-refractivity contribution in [1.29, 1.82) is 5.26 Å². The molecule has 0 bridgehead atoms. The molecule has 5 heteroatoms. The summed E-state index contributed by atoms with van der Waals surface area (Å²) in [5, 5.41) is 12.6. The van der Waals surface area contributed by atoms with Gasteiger partial charge in [-0.05, 0) is 6.07 Å². The highest BCUT2D eigenvalue weighted by atomic mass is 16.6. The summed E-state index contributed by atoms with van der Waals surface area (Å²) >= 11 is 0. The van der Waals surface area contributed by atoms with E-state index in [-0.39, 0.29) is 0 Å². The molecule has 0 spiro atoms. The third-order valence-electron chi connectivity index (χ3n) is 2.52. The maximum absolute atomic E-state index is 11.6. The smallest absolute Gasteiger partial charge is 0.339 e. The van der Waals surface area contributed by atoms with Crippen LogP contribution in [-0.4, -0.2) is 19.3 Å². The molecule has 5 nitrogen and oxygen atoms in total. The zero-order chi connectivity index (χ0) is 12.3. The summed E-state index contributed by atoms with van der Waals surface area (Å²) in [4.78, 5) is 16.1. The van der Waals surface area contributed by atoms with Crippen molar-refractivity contribution in [3.63, 3.8) is 0 Å². The molecule has 1 heterocycles. The van der Waals surface area contributed by atoms with Gasteiger partial charge in [-0.1, -0.05) is 23.4 Å². The largest absolute Gasteiger partial charge is 0.452 e. The van der Waals surface area contributed by atoms with Crippen molar-refractivity contribution in [3.8, 4) is 6.07 Å². The van der Waals surface area contributed by atoms with Crippen LogP contribution in [0.1, 0.15) is 22.0 Å². The standard InChI is InChI=1S/C12H10N2O3/c1-16-14-7-8(6-13)11-9-4-2-3-5-10(9)12(15)17-11/h2-5,7-8,11H,1H3. The van der Waals surface area contributed by atoms with E-state index < -0.39 is 18.0 Å². The van der Waals surface area contributed by atoms with Crippen LogP contribution < -0.4 is 0 Å². The second-order valence-corrected chi connectivity index (χ2v) is 3.51. The van der Waals surface area contributed by atoms with Crippen molar-refractivity contribution in [3.05, 3.63) is 35.4 Å². The van der Waals surface area contributed by atoms with Gasteiger partial charge in [-0.3, -0.25) is 0 Å². The number of ether oxygens (including phenoxy) is 1. The van der Waals surface area contributed by atoms with Gasteiger partial charge in [0, 0.05) is 5.56 Å². The minimum absolute atomic E-state index is 0.406. The van der Waals surface area contributed by atoms with Crippen LogP contribution in [0.4, 0.5) is 0 Å². The number of carbonyl (C=O) groups is 1. The van der Waals surface area contributed by atoms with E-state index in [4.69, 9.17) is 10.00 Å². The average Bonchev–Trinajstić information content (AvgIpc) is 2.69. The maximum atomic E-state index is 11.6.